The number of para-hydroxylation sites is 2. The molecule has 7 heteroatoms. The van der Waals surface area contributed by atoms with Gasteiger partial charge in [0.15, 0.2) is 11.5 Å². The lowest BCUT2D eigenvalue weighted by atomic mass is 10.1. The Morgan fingerprint density at radius 1 is 1.07 bits per heavy atom. The minimum Gasteiger partial charge on any atom is -0.441 e. The Morgan fingerprint density at radius 3 is 2.68 bits per heavy atom. The Morgan fingerprint density at radius 2 is 1.86 bits per heavy atom. The monoisotopic (exact) mass is 397 g/mol. The van der Waals surface area contributed by atoms with Gasteiger partial charge in [-0.15, -0.1) is 11.6 Å². The summed E-state index contributed by atoms with van der Waals surface area (Å²) in [7, 11) is 0. The van der Waals surface area contributed by atoms with E-state index in [4.69, 9.17) is 16.0 Å². The van der Waals surface area contributed by atoms with Crippen LogP contribution in [-0.4, -0.2) is 28.7 Å². The number of carbonyl (C=O) groups excluding carboxylic acids is 2. The molecular weight excluding hydrogens is 378 g/mol. The van der Waals surface area contributed by atoms with Crippen molar-refractivity contribution in [2.75, 3.05) is 5.88 Å². The number of aromatic nitrogens is 1. The summed E-state index contributed by atoms with van der Waals surface area (Å²) in [6.07, 6.45) is 1.34. The SMILES string of the molecule is O=C(CCl)N[C@@H]1c2ccccc2C[C@H]1NC(=O)CCc1nc2ccccc2o1. The highest BCUT2D eigenvalue weighted by Crippen LogP contribution is 2.31. The largest absolute Gasteiger partial charge is 0.441 e. The Bertz CT molecular complexity index is 984. The van der Waals surface area contributed by atoms with Gasteiger partial charge in [-0.2, -0.15) is 0 Å². The molecule has 0 saturated carbocycles. The van der Waals surface area contributed by atoms with E-state index in [9.17, 15) is 9.59 Å². The molecule has 2 N–H and O–H groups in total. The number of carbonyl (C=O) groups is 2. The van der Waals surface area contributed by atoms with Gasteiger partial charge in [0.1, 0.15) is 11.4 Å². The van der Waals surface area contributed by atoms with E-state index in [1.54, 1.807) is 0 Å². The van der Waals surface area contributed by atoms with Gasteiger partial charge in [0.05, 0.1) is 12.1 Å². The lowest BCUT2D eigenvalue weighted by Gasteiger charge is -2.22. The second-order valence-electron chi connectivity index (χ2n) is 6.83. The summed E-state index contributed by atoms with van der Waals surface area (Å²) in [4.78, 5) is 28.7. The van der Waals surface area contributed by atoms with Crippen molar-refractivity contribution >= 4 is 34.5 Å². The maximum absolute atomic E-state index is 12.5. The summed E-state index contributed by atoms with van der Waals surface area (Å²) in [5.41, 5.74) is 3.64. The molecule has 3 aromatic rings. The fraction of sp³-hybridized carbons (Fsp3) is 0.286. The Kier molecular flexibility index (Phi) is 5.30. The number of fused-ring (bicyclic) bond motifs is 2. The molecule has 0 radical (unpaired) electrons. The zero-order chi connectivity index (χ0) is 19.5. The van der Waals surface area contributed by atoms with Crippen LogP contribution in [0.4, 0.5) is 0 Å². The summed E-state index contributed by atoms with van der Waals surface area (Å²) in [6, 6.07) is 14.9. The molecule has 0 fully saturated rings. The number of oxazole rings is 1. The molecule has 0 bridgehead atoms. The highest BCUT2D eigenvalue weighted by Gasteiger charge is 2.34. The molecule has 1 aromatic heterocycles. The third-order valence-corrected chi connectivity index (χ3v) is 5.16. The average Bonchev–Trinajstić information content (AvgIpc) is 3.27. The number of rotatable bonds is 6. The standard InChI is InChI=1S/C21H20ClN3O3/c22-12-19(27)25-21-14-6-2-1-5-13(14)11-16(21)23-18(26)9-10-20-24-15-7-3-4-8-17(15)28-20/h1-8,16,21H,9-12H2,(H,23,26)(H,25,27)/t16-,21-/m1/s1. The van der Waals surface area contributed by atoms with E-state index in [-0.39, 0.29) is 36.2 Å². The first-order chi connectivity index (χ1) is 13.6. The number of nitrogens with zero attached hydrogens (tertiary/aromatic N) is 1. The van der Waals surface area contributed by atoms with Crippen molar-refractivity contribution in [2.24, 2.45) is 0 Å². The zero-order valence-corrected chi connectivity index (χ0v) is 15.9. The van der Waals surface area contributed by atoms with Crippen LogP contribution >= 0.6 is 11.6 Å². The molecule has 1 heterocycles. The first-order valence-electron chi connectivity index (χ1n) is 9.21. The summed E-state index contributed by atoms with van der Waals surface area (Å²) in [5.74, 6) is 0.0641. The molecule has 2 atom stereocenters. The number of aryl methyl sites for hydroxylation is 1. The summed E-state index contributed by atoms with van der Waals surface area (Å²) in [5, 5.41) is 5.96. The van der Waals surface area contributed by atoms with E-state index < -0.39 is 0 Å². The van der Waals surface area contributed by atoms with Crippen molar-refractivity contribution < 1.29 is 14.0 Å². The van der Waals surface area contributed by atoms with Gasteiger partial charge >= 0.3 is 0 Å². The molecule has 28 heavy (non-hydrogen) atoms. The van der Waals surface area contributed by atoms with Crippen molar-refractivity contribution in [3.8, 4) is 0 Å². The van der Waals surface area contributed by atoms with E-state index in [2.05, 4.69) is 15.6 Å². The summed E-state index contributed by atoms with van der Waals surface area (Å²) >= 11 is 5.65. The maximum atomic E-state index is 12.5. The van der Waals surface area contributed by atoms with Crippen LogP contribution in [0.1, 0.15) is 29.5 Å². The van der Waals surface area contributed by atoms with Crippen molar-refractivity contribution in [1.29, 1.82) is 0 Å². The first kappa shape index (κ1) is 18.5. The van der Waals surface area contributed by atoms with Gasteiger partial charge in [0.2, 0.25) is 11.8 Å². The summed E-state index contributed by atoms with van der Waals surface area (Å²) in [6.45, 7) is 0. The van der Waals surface area contributed by atoms with Gasteiger partial charge < -0.3 is 15.1 Å². The number of benzene rings is 2. The number of amides is 2. The van der Waals surface area contributed by atoms with Crippen LogP contribution in [0.5, 0.6) is 0 Å². The van der Waals surface area contributed by atoms with Crippen LogP contribution < -0.4 is 10.6 Å². The topological polar surface area (TPSA) is 84.2 Å². The molecule has 4 rings (SSSR count). The smallest absolute Gasteiger partial charge is 0.235 e. The predicted molar refractivity (Wildman–Crippen MR) is 106 cm³/mol. The Hall–Kier alpha value is -2.86. The predicted octanol–water partition coefficient (Wildman–Crippen LogP) is 2.90. The van der Waals surface area contributed by atoms with Crippen molar-refractivity contribution in [3.05, 3.63) is 65.5 Å². The number of alkyl halides is 1. The molecule has 144 valence electrons. The normalized spacial score (nSPS) is 18.0. The van der Waals surface area contributed by atoms with E-state index >= 15 is 0 Å². The Balaban J connectivity index is 1.40. The summed E-state index contributed by atoms with van der Waals surface area (Å²) < 4.78 is 5.66. The zero-order valence-electron chi connectivity index (χ0n) is 15.2. The highest BCUT2D eigenvalue weighted by molar-refractivity contribution is 6.27. The molecule has 1 aliphatic carbocycles. The van der Waals surface area contributed by atoms with Crippen LogP contribution in [0.15, 0.2) is 52.9 Å². The maximum Gasteiger partial charge on any atom is 0.235 e. The van der Waals surface area contributed by atoms with Gasteiger partial charge in [0.25, 0.3) is 0 Å². The molecule has 0 unspecified atom stereocenters. The lowest BCUT2D eigenvalue weighted by molar-refractivity contribution is -0.123. The van der Waals surface area contributed by atoms with E-state index in [1.807, 2.05) is 48.5 Å². The molecule has 2 amide bonds. The van der Waals surface area contributed by atoms with E-state index in [0.717, 1.165) is 16.6 Å². The molecule has 1 aliphatic rings. The Labute approximate surface area is 167 Å². The quantitative estimate of drug-likeness (QED) is 0.626. The molecule has 6 nitrogen and oxygen atoms in total. The van der Waals surface area contributed by atoms with Crippen LogP contribution in [0, 0.1) is 0 Å². The average molecular weight is 398 g/mol. The van der Waals surface area contributed by atoms with Gasteiger partial charge in [-0.05, 0) is 29.7 Å². The molecular formula is C21H20ClN3O3. The van der Waals surface area contributed by atoms with Crippen LogP contribution in [-0.2, 0) is 22.4 Å². The van der Waals surface area contributed by atoms with Crippen LogP contribution in [0.25, 0.3) is 11.1 Å². The first-order valence-corrected chi connectivity index (χ1v) is 9.74. The van der Waals surface area contributed by atoms with Crippen molar-refractivity contribution in [2.45, 2.75) is 31.3 Å². The second kappa shape index (κ2) is 8.02. The molecule has 0 spiro atoms. The molecule has 0 saturated heterocycles. The molecule has 0 aliphatic heterocycles. The van der Waals surface area contributed by atoms with Crippen molar-refractivity contribution in [3.63, 3.8) is 0 Å². The third-order valence-electron chi connectivity index (χ3n) is 4.92. The number of halogens is 1. The number of hydrogen-bond acceptors (Lipinski definition) is 4. The minimum atomic E-state index is -0.282. The van der Waals surface area contributed by atoms with E-state index in [0.29, 0.717) is 24.3 Å². The molecule has 2 aromatic carbocycles. The van der Waals surface area contributed by atoms with E-state index in [1.165, 1.54) is 0 Å². The minimum absolute atomic E-state index is 0.106. The lowest BCUT2D eigenvalue weighted by Crippen LogP contribution is -2.44. The van der Waals surface area contributed by atoms with Gasteiger partial charge in [-0.1, -0.05) is 36.4 Å². The highest BCUT2D eigenvalue weighted by atomic mass is 35.5. The fourth-order valence-electron chi connectivity index (χ4n) is 3.65. The fourth-order valence-corrected chi connectivity index (χ4v) is 3.72. The third kappa shape index (κ3) is 3.87. The van der Waals surface area contributed by atoms with Gasteiger partial charge in [-0.3, -0.25) is 9.59 Å². The number of hydrogen-bond donors (Lipinski definition) is 2. The van der Waals surface area contributed by atoms with Crippen LogP contribution in [0.3, 0.4) is 0 Å². The van der Waals surface area contributed by atoms with Crippen LogP contribution in [0.2, 0.25) is 0 Å². The van der Waals surface area contributed by atoms with Gasteiger partial charge in [0, 0.05) is 12.8 Å². The van der Waals surface area contributed by atoms with Crippen molar-refractivity contribution in [1.82, 2.24) is 15.6 Å². The van der Waals surface area contributed by atoms with Gasteiger partial charge in [-0.25, -0.2) is 4.98 Å². The second-order valence-corrected chi connectivity index (χ2v) is 7.10. The number of nitrogens with one attached hydrogen (secondary N) is 2.